The average Bonchev–Trinajstić information content (AvgIpc) is 1.90. The van der Waals surface area contributed by atoms with E-state index in [0.717, 1.165) is 19.0 Å². The average molecular weight is 123 g/mol. The van der Waals surface area contributed by atoms with Gasteiger partial charge in [0.1, 0.15) is 0 Å². The van der Waals surface area contributed by atoms with Crippen LogP contribution < -0.4 is 0 Å². The van der Waals surface area contributed by atoms with Crippen LogP contribution in [0.2, 0.25) is 0 Å². The molecule has 0 unspecified atom stereocenters. The summed E-state index contributed by atoms with van der Waals surface area (Å²) in [6, 6.07) is 2.66. The van der Waals surface area contributed by atoms with E-state index in [1.54, 1.807) is 0 Å². The lowest BCUT2D eigenvalue weighted by Crippen LogP contribution is -2.28. The minimum absolute atomic E-state index is 0.884. The lowest BCUT2D eigenvalue weighted by atomic mass is 10.00. The number of terminal acetylenes is 1. The van der Waals surface area contributed by atoms with Crippen molar-refractivity contribution in [2.45, 2.75) is 19.8 Å². The second-order valence-electron chi connectivity index (χ2n) is 2.80. The molecule has 1 heteroatoms. The van der Waals surface area contributed by atoms with E-state index < -0.39 is 0 Å². The third-order valence-electron chi connectivity index (χ3n) is 1.97. The van der Waals surface area contributed by atoms with Crippen molar-refractivity contribution < 1.29 is 0 Å². The van der Waals surface area contributed by atoms with E-state index in [4.69, 9.17) is 6.42 Å². The van der Waals surface area contributed by atoms with Crippen LogP contribution >= 0.6 is 0 Å². The molecule has 0 aromatic rings. The third-order valence-corrected chi connectivity index (χ3v) is 1.97. The number of hydrogen-bond acceptors (Lipinski definition) is 1. The largest absolute Gasteiger partial charge is 0.333 e. The molecule has 0 aliphatic carbocycles. The molecule has 1 heterocycles. The van der Waals surface area contributed by atoms with Crippen molar-refractivity contribution in [1.82, 2.24) is 4.90 Å². The molecule has 0 bridgehead atoms. The fourth-order valence-corrected chi connectivity index (χ4v) is 1.14. The predicted molar refractivity (Wildman–Crippen MR) is 38.8 cm³/mol. The van der Waals surface area contributed by atoms with E-state index in [-0.39, 0.29) is 0 Å². The fraction of sp³-hybridized carbons (Fsp3) is 0.750. The van der Waals surface area contributed by atoms with Gasteiger partial charge in [0.25, 0.3) is 0 Å². The van der Waals surface area contributed by atoms with E-state index in [2.05, 4.69) is 17.9 Å². The molecule has 0 N–H and O–H groups in total. The molecule has 0 saturated carbocycles. The summed E-state index contributed by atoms with van der Waals surface area (Å²) in [4.78, 5) is 2.06. The van der Waals surface area contributed by atoms with Gasteiger partial charge in [-0.2, -0.15) is 0 Å². The minimum atomic E-state index is 0.884. The summed E-state index contributed by atoms with van der Waals surface area (Å²) in [5, 5.41) is 0. The Bertz CT molecular complexity index is 115. The molecule has 1 aliphatic rings. The standard InChI is InChI=1S/C8H13N/c1-3-9-6-4-8(2)5-7-9/h1,8H,4-7H2,2H3. The number of hydrogen-bond donors (Lipinski definition) is 0. The number of rotatable bonds is 0. The van der Waals surface area contributed by atoms with E-state index >= 15 is 0 Å². The van der Waals surface area contributed by atoms with Crippen molar-refractivity contribution in [3.8, 4) is 12.5 Å². The second-order valence-corrected chi connectivity index (χ2v) is 2.80. The highest BCUT2D eigenvalue weighted by Crippen LogP contribution is 2.14. The quantitative estimate of drug-likeness (QED) is 0.439. The van der Waals surface area contributed by atoms with Crippen LogP contribution in [0.3, 0.4) is 0 Å². The van der Waals surface area contributed by atoms with Crippen molar-refractivity contribution in [2.75, 3.05) is 13.1 Å². The molecule has 1 fully saturated rings. The van der Waals surface area contributed by atoms with Crippen LogP contribution in [0.15, 0.2) is 0 Å². The predicted octanol–water partition coefficient (Wildman–Crippen LogP) is 1.31. The Morgan fingerprint density at radius 2 is 2.00 bits per heavy atom. The fourth-order valence-electron chi connectivity index (χ4n) is 1.14. The van der Waals surface area contributed by atoms with Gasteiger partial charge in [0.15, 0.2) is 0 Å². The molecular formula is C8H13N. The molecule has 1 aliphatic heterocycles. The number of likely N-dealkylation sites (tertiary alicyclic amines) is 1. The first-order valence-electron chi connectivity index (χ1n) is 3.54. The molecule has 1 nitrogen and oxygen atoms in total. The number of piperidine rings is 1. The summed E-state index contributed by atoms with van der Waals surface area (Å²) in [5.74, 6) is 0.884. The molecule has 9 heavy (non-hydrogen) atoms. The molecule has 0 atom stereocenters. The van der Waals surface area contributed by atoms with Gasteiger partial charge < -0.3 is 4.90 Å². The first-order chi connectivity index (χ1) is 4.33. The highest BCUT2D eigenvalue weighted by molar-refractivity contribution is 4.87. The Morgan fingerprint density at radius 3 is 2.44 bits per heavy atom. The summed E-state index contributed by atoms with van der Waals surface area (Å²) >= 11 is 0. The highest BCUT2D eigenvalue weighted by atomic mass is 15.1. The molecule has 0 spiro atoms. The topological polar surface area (TPSA) is 3.24 Å². The van der Waals surface area contributed by atoms with E-state index in [0.29, 0.717) is 0 Å². The summed E-state index contributed by atoms with van der Waals surface area (Å²) in [5.41, 5.74) is 0. The Balaban J connectivity index is 2.28. The summed E-state index contributed by atoms with van der Waals surface area (Å²) in [6.07, 6.45) is 7.76. The Kier molecular flexibility index (Phi) is 2.00. The highest BCUT2D eigenvalue weighted by Gasteiger charge is 2.11. The monoisotopic (exact) mass is 123 g/mol. The van der Waals surface area contributed by atoms with Crippen LogP contribution in [0.5, 0.6) is 0 Å². The zero-order valence-corrected chi connectivity index (χ0v) is 5.93. The van der Waals surface area contributed by atoms with Crippen LogP contribution in [0.4, 0.5) is 0 Å². The zero-order valence-electron chi connectivity index (χ0n) is 5.93. The maximum atomic E-state index is 5.22. The minimum Gasteiger partial charge on any atom is -0.333 e. The van der Waals surface area contributed by atoms with Crippen molar-refractivity contribution in [3.05, 3.63) is 0 Å². The van der Waals surface area contributed by atoms with Gasteiger partial charge in [-0.15, -0.1) is 0 Å². The van der Waals surface area contributed by atoms with Crippen molar-refractivity contribution in [2.24, 2.45) is 5.92 Å². The van der Waals surface area contributed by atoms with Crippen LogP contribution in [0, 0.1) is 18.4 Å². The van der Waals surface area contributed by atoms with Crippen LogP contribution in [-0.4, -0.2) is 18.0 Å². The Morgan fingerprint density at radius 1 is 1.44 bits per heavy atom. The van der Waals surface area contributed by atoms with Crippen molar-refractivity contribution in [1.29, 1.82) is 0 Å². The van der Waals surface area contributed by atoms with Gasteiger partial charge in [0.05, 0.1) is 0 Å². The normalized spacial score (nSPS) is 21.6. The van der Waals surface area contributed by atoms with Gasteiger partial charge in [-0.25, -0.2) is 0 Å². The van der Waals surface area contributed by atoms with Crippen molar-refractivity contribution >= 4 is 0 Å². The van der Waals surface area contributed by atoms with Gasteiger partial charge in [-0.1, -0.05) is 13.3 Å². The van der Waals surface area contributed by atoms with Crippen LogP contribution in [0.1, 0.15) is 19.8 Å². The van der Waals surface area contributed by atoms with Crippen LogP contribution in [-0.2, 0) is 0 Å². The molecule has 1 saturated heterocycles. The summed E-state index contributed by atoms with van der Waals surface area (Å²) in [6.45, 7) is 4.48. The third kappa shape index (κ3) is 1.64. The first kappa shape index (κ1) is 6.48. The van der Waals surface area contributed by atoms with E-state index in [1.165, 1.54) is 12.8 Å². The van der Waals surface area contributed by atoms with E-state index in [9.17, 15) is 0 Å². The summed E-state index contributed by atoms with van der Waals surface area (Å²) in [7, 11) is 0. The molecule has 0 aromatic carbocycles. The maximum Gasteiger partial charge on any atom is 0.0262 e. The van der Waals surface area contributed by atoms with Gasteiger partial charge in [-0.05, 0) is 18.8 Å². The number of nitrogens with zero attached hydrogens (tertiary/aromatic N) is 1. The molecule has 0 radical (unpaired) electrons. The van der Waals surface area contributed by atoms with Gasteiger partial charge in [-0.3, -0.25) is 0 Å². The zero-order chi connectivity index (χ0) is 6.69. The molecule has 0 amide bonds. The van der Waals surface area contributed by atoms with Gasteiger partial charge >= 0.3 is 0 Å². The Hall–Kier alpha value is -0.640. The summed E-state index contributed by atoms with van der Waals surface area (Å²) < 4.78 is 0. The molecule has 1 rings (SSSR count). The maximum absolute atomic E-state index is 5.22. The molecule has 0 aromatic heterocycles. The first-order valence-corrected chi connectivity index (χ1v) is 3.54. The van der Waals surface area contributed by atoms with Crippen molar-refractivity contribution in [3.63, 3.8) is 0 Å². The Labute approximate surface area is 57.0 Å². The van der Waals surface area contributed by atoms with Gasteiger partial charge in [0, 0.05) is 19.1 Å². The van der Waals surface area contributed by atoms with Gasteiger partial charge in [0.2, 0.25) is 0 Å². The van der Waals surface area contributed by atoms with E-state index in [1.807, 2.05) is 0 Å². The SMILES string of the molecule is C#CN1CCC(C)CC1. The lowest BCUT2D eigenvalue weighted by Gasteiger charge is -2.26. The van der Waals surface area contributed by atoms with Crippen LogP contribution in [0.25, 0.3) is 0 Å². The molecular weight excluding hydrogens is 110 g/mol. The molecule has 50 valence electrons. The second kappa shape index (κ2) is 2.77. The lowest BCUT2D eigenvalue weighted by molar-refractivity contribution is 0.269. The smallest absolute Gasteiger partial charge is 0.0262 e.